The fraction of sp³-hybridized carbons (Fsp3) is 0.429. The van der Waals surface area contributed by atoms with Crippen LogP contribution in [0.5, 0.6) is 0 Å². The molecule has 49 heavy (non-hydrogen) atoms. The maximum Gasteiger partial charge on any atom is 0.271 e. The molecule has 2 atom stereocenters. The fourth-order valence-corrected chi connectivity index (χ4v) is 7.26. The molecule has 1 aromatic carbocycles. The summed E-state index contributed by atoms with van der Waals surface area (Å²) in [6.45, 7) is 5.32. The molecule has 0 spiro atoms. The third kappa shape index (κ3) is 10.7. The predicted octanol–water partition coefficient (Wildman–Crippen LogP) is 4.68. The number of aromatic nitrogens is 4. The molecule has 12 nitrogen and oxygen atoms in total. The zero-order valence-corrected chi connectivity index (χ0v) is 29.4. The average Bonchev–Trinajstić information content (AvgIpc) is 3.79. The first kappa shape index (κ1) is 35.7. The van der Waals surface area contributed by atoms with Crippen molar-refractivity contribution in [2.75, 3.05) is 19.6 Å². The number of benzene rings is 1. The predicted molar refractivity (Wildman–Crippen MR) is 188 cm³/mol. The Bertz CT molecular complexity index is 1700. The number of hydrogen-bond acceptors (Lipinski definition) is 10. The molecule has 1 aliphatic rings. The Hall–Kier alpha value is -4.56. The van der Waals surface area contributed by atoms with Gasteiger partial charge in [0.1, 0.15) is 21.4 Å². The standard InChI is InChI=1S/C35H42N8O4S2/c1-23(2)18-26-34-42-29(22-49-34)33(47)40-27(19-24-8-4-3-5-9-24)35-41-28(21-48-35)32(46)38-13-7-17-43(16-6-10-30(44)39-26)31(45)12-11-25-20-36-14-15-37-25/h3-5,8-9,14-15,20-23,26-27H,6-7,10-13,16-19H2,1-2H3,(H,38,46)(H,39,44)(H,40,47)/t26-,27-/m0/s1. The average molecular weight is 703 g/mol. The van der Waals surface area contributed by atoms with Crippen LogP contribution in [0, 0.1) is 5.92 Å². The van der Waals surface area contributed by atoms with Crippen molar-refractivity contribution in [3.05, 3.63) is 92.3 Å². The second-order valence-corrected chi connectivity index (χ2v) is 14.2. The minimum absolute atomic E-state index is 0.0467. The number of fused-ring (bicyclic) bond motifs is 4. The Kier molecular flexibility index (Phi) is 12.9. The molecule has 0 saturated heterocycles. The van der Waals surface area contributed by atoms with Crippen LogP contribution >= 0.6 is 22.7 Å². The number of hydrogen-bond donors (Lipinski definition) is 3. The van der Waals surface area contributed by atoms with Crippen molar-refractivity contribution in [3.8, 4) is 0 Å². The molecular weight excluding hydrogens is 661 g/mol. The number of thiazole rings is 2. The van der Waals surface area contributed by atoms with E-state index in [0.29, 0.717) is 61.8 Å². The number of nitrogens with zero attached hydrogens (tertiary/aromatic N) is 5. The third-order valence-corrected chi connectivity index (χ3v) is 9.94. The van der Waals surface area contributed by atoms with E-state index in [0.717, 1.165) is 11.3 Å². The molecule has 0 radical (unpaired) electrons. The molecule has 4 amide bonds. The topological polar surface area (TPSA) is 159 Å². The minimum Gasteiger partial charge on any atom is -0.351 e. The molecule has 3 N–H and O–H groups in total. The van der Waals surface area contributed by atoms with E-state index in [9.17, 15) is 19.2 Å². The van der Waals surface area contributed by atoms with E-state index < -0.39 is 6.04 Å². The van der Waals surface area contributed by atoms with E-state index in [4.69, 9.17) is 0 Å². The second kappa shape index (κ2) is 17.7. The lowest BCUT2D eigenvalue weighted by Crippen LogP contribution is -2.36. The Morgan fingerprint density at radius 2 is 1.63 bits per heavy atom. The molecule has 14 heteroatoms. The van der Waals surface area contributed by atoms with Gasteiger partial charge in [-0.2, -0.15) is 0 Å². The highest BCUT2D eigenvalue weighted by Crippen LogP contribution is 2.27. The summed E-state index contributed by atoms with van der Waals surface area (Å²) < 4.78 is 0. The highest BCUT2D eigenvalue weighted by Gasteiger charge is 2.25. The van der Waals surface area contributed by atoms with Gasteiger partial charge in [0.25, 0.3) is 11.8 Å². The molecule has 4 aromatic rings. The number of carbonyl (C=O) groups is 4. The first-order valence-corrected chi connectivity index (χ1v) is 18.4. The summed E-state index contributed by atoms with van der Waals surface area (Å²) in [5, 5.41) is 13.8. The maximum absolute atomic E-state index is 13.5. The van der Waals surface area contributed by atoms with E-state index in [2.05, 4.69) is 49.7 Å². The van der Waals surface area contributed by atoms with Gasteiger partial charge in [0.2, 0.25) is 11.8 Å². The van der Waals surface area contributed by atoms with Gasteiger partial charge in [-0.1, -0.05) is 44.2 Å². The van der Waals surface area contributed by atoms with Crippen LogP contribution in [0.1, 0.15) is 100 Å². The largest absolute Gasteiger partial charge is 0.351 e. The number of nitrogens with one attached hydrogen (secondary N) is 3. The van der Waals surface area contributed by atoms with Crippen LogP contribution in [-0.4, -0.2) is 68.1 Å². The minimum atomic E-state index is -0.492. The number of carbonyl (C=O) groups excluding carboxylic acids is 4. The monoisotopic (exact) mass is 702 g/mol. The zero-order chi connectivity index (χ0) is 34.6. The van der Waals surface area contributed by atoms with Crippen molar-refractivity contribution in [2.45, 2.75) is 70.9 Å². The van der Waals surface area contributed by atoms with E-state index >= 15 is 0 Å². The van der Waals surface area contributed by atoms with Crippen LogP contribution in [0.2, 0.25) is 0 Å². The molecule has 3 aromatic heterocycles. The van der Waals surface area contributed by atoms with Crippen molar-refractivity contribution in [1.29, 1.82) is 0 Å². The first-order chi connectivity index (χ1) is 23.7. The van der Waals surface area contributed by atoms with Gasteiger partial charge >= 0.3 is 0 Å². The summed E-state index contributed by atoms with van der Waals surface area (Å²) in [4.78, 5) is 72.5. The van der Waals surface area contributed by atoms with E-state index in [1.54, 1.807) is 34.3 Å². The number of rotatable bonds is 7. The number of aryl methyl sites for hydroxylation is 1. The molecular formula is C35H42N8O4S2. The van der Waals surface area contributed by atoms with E-state index in [1.165, 1.54) is 22.7 Å². The fourth-order valence-electron chi connectivity index (χ4n) is 5.55. The van der Waals surface area contributed by atoms with Crippen molar-refractivity contribution in [3.63, 3.8) is 0 Å². The number of amides is 4. The molecule has 0 fully saturated rings. The molecule has 0 aliphatic carbocycles. The van der Waals surface area contributed by atoms with Crippen LogP contribution in [0.25, 0.3) is 0 Å². The van der Waals surface area contributed by atoms with E-state index in [-0.39, 0.29) is 59.8 Å². The van der Waals surface area contributed by atoms with Crippen LogP contribution < -0.4 is 16.0 Å². The summed E-state index contributed by atoms with van der Waals surface area (Å²) in [6, 6.07) is 8.93. The zero-order valence-electron chi connectivity index (χ0n) is 27.8. The summed E-state index contributed by atoms with van der Waals surface area (Å²) in [6.07, 6.45) is 7.93. The molecule has 4 bridgehead atoms. The van der Waals surface area contributed by atoms with Gasteiger partial charge in [-0.3, -0.25) is 29.1 Å². The summed E-state index contributed by atoms with van der Waals surface area (Å²) >= 11 is 2.65. The first-order valence-electron chi connectivity index (χ1n) is 16.6. The van der Waals surface area contributed by atoms with Crippen molar-refractivity contribution >= 4 is 46.3 Å². The van der Waals surface area contributed by atoms with Crippen LogP contribution in [0.15, 0.2) is 59.7 Å². The molecule has 4 heterocycles. The Morgan fingerprint density at radius 3 is 2.35 bits per heavy atom. The second-order valence-electron chi connectivity index (χ2n) is 12.4. The van der Waals surface area contributed by atoms with Gasteiger partial charge in [-0.25, -0.2) is 9.97 Å². The third-order valence-electron chi connectivity index (χ3n) is 8.02. The highest BCUT2D eigenvalue weighted by atomic mass is 32.1. The van der Waals surface area contributed by atoms with E-state index in [1.807, 2.05) is 30.3 Å². The Balaban J connectivity index is 1.37. The molecule has 0 unspecified atom stereocenters. The lowest BCUT2D eigenvalue weighted by Gasteiger charge is -2.23. The van der Waals surface area contributed by atoms with Gasteiger partial charge in [-0.15, -0.1) is 22.7 Å². The van der Waals surface area contributed by atoms with Crippen molar-refractivity contribution in [1.82, 2.24) is 40.8 Å². The van der Waals surface area contributed by atoms with Crippen LogP contribution in [-0.2, 0) is 22.4 Å². The van der Waals surface area contributed by atoms with Gasteiger partial charge in [-0.05, 0) is 43.6 Å². The molecule has 5 rings (SSSR count). The Morgan fingerprint density at radius 1 is 0.918 bits per heavy atom. The molecule has 258 valence electrons. The van der Waals surface area contributed by atoms with Crippen molar-refractivity contribution in [2.24, 2.45) is 5.92 Å². The van der Waals surface area contributed by atoms with Gasteiger partial charge in [0.05, 0.1) is 17.8 Å². The van der Waals surface area contributed by atoms with Crippen LogP contribution in [0.4, 0.5) is 0 Å². The quantitative estimate of drug-likeness (QED) is 0.250. The van der Waals surface area contributed by atoms with Crippen molar-refractivity contribution < 1.29 is 19.2 Å². The van der Waals surface area contributed by atoms with Gasteiger partial charge in [0.15, 0.2) is 0 Å². The summed E-state index contributed by atoms with van der Waals surface area (Å²) in [7, 11) is 0. The molecule has 0 saturated carbocycles. The SMILES string of the molecule is CC(C)C[C@@H]1NC(=O)CCCN(C(=O)CCc2cnccn2)CCCNC(=O)c2csc(n2)[C@H](Cc2ccccc2)NC(=O)c2csc1n2. The maximum atomic E-state index is 13.5. The molecule has 1 aliphatic heterocycles. The summed E-state index contributed by atoms with van der Waals surface area (Å²) in [5.41, 5.74) is 2.27. The normalized spacial score (nSPS) is 18.3. The highest BCUT2D eigenvalue weighted by molar-refractivity contribution is 7.10. The lowest BCUT2D eigenvalue weighted by atomic mass is 10.0. The lowest BCUT2D eigenvalue weighted by molar-refractivity contribution is -0.132. The Labute approximate surface area is 294 Å². The van der Waals surface area contributed by atoms with Crippen LogP contribution in [0.3, 0.4) is 0 Å². The smallest absolute Gasteiger partial charge is 0.271 e. The van der Waals surface area contributed by atoms with Gasteiger partial charge < -0.3 is 20.9 Å². The summed E-state index contributed by atoms with van der Waals surface area (Å²) in [5.74, 6) is -0.590. The van der Waals surface area contributed by atoms with Gasteiger partial charge in [0, 0.05) is 61.8 Å².